The van der Waals surface area contributed by atoms with E-state index < -0.39 is 0 Å². The molecule has 0 saturated heterocycles. The maximum atomic E-state index is 5.91. The van der Waals surface area contributed by atoms with Gasteiger partial charge in [0.15, 0.2) is 0 Å². The second-order valence-corrected chi connectivity index (χ2v) is 4.18. The van der Waals surface area contributed by atoms with Gasteiger partial charge in [0.2, 0.25) is 0 Å². The second kappa shape index (κ2) is 4.18. The highest BCUT2D eigenvalue weighted by Crippen LogP contribution is 2.27. The van der Waals surface area contributed by atoms with E-state index in [1.54, 1.807) is 6.07 Å². The van der Waals surface area contributed by atoms with Gasteiger partial charge in [-0.15, -0.1) is 0 Å². The van der Waals surface area contributed by atoms with Crippen LogP contribution in [0.5, 0.6) is 0 Å². The Morgan fingerprint density at radius 2 is 2.19 bits per heavy atom. The Labute approximate surface area is 99.7 Å². The zero-order chi connectivity index (χ0) is 11.7. The van der Waals surface area contributed by atoms with Crippen LogP contribution < -0.4 is 5.73 Å². The summed E-state index contributed by atoms with van der Waals surface area (Å²) in [6.45, 7) is 4.10. The summed E-state index contributed by atoms with van der Waals surface area (Å²) in [5.41, 5.74) is 9.61. The van der Waals surface area contributed by atoms with Crippen LogP contribution in [0.2, 0.25) is 5.02 Å². The largest absolute Gasteiger partial charge is 0.398 e. The van der Waals surface area contributed by atoms with E-state index in [1.807, 2.05) is 19.1 Å². The molecule has 0 spiro atoms. The molecular weight excluding hydrogens is 222 g/mol. The Morgan fingerprint density at radius 3 is 2.75 bits per heavy atom. The number of aryl methyl sites for hydroxylation is 2. The molecule has 1 aromatic carbocycles. The first-order valence-corrected chi connectivity index (χ1v) is 5.60. The molecule has 2 rings (SSSR count). The van der Waals surface area contributed by atoms with Gasteiger partial charge in [0.05, 0.1) is 5.69 Å². The van der Waals surface area contributed by atoms with Crippen molar-refractivity contribution in [2.75, 3.05) is 5.73 Å². The predicted octanol–water partition coefficient (Wildman–Crippen LogP) is 3.18. The summed E-state index contributed by atoms with van der Waals surface area (Å²) < 4.78 is 0. The molecule has 1 aromatic heterocycles. The number of aromatic nitrogens is 2. The van der Waals surface area contributed by atoms with Gasteiger partial charge in [0, 0.05) is 22.0 Å². The summed E-state index contributed by atoms with van der Waals surface area (Å²) in [6, 6.07) is 5.44. The van der Waals surface area contributed by atoms with Crippen LogP contribution in [0.1, 0.15) is 18.3 Å². The number of rotatable bonds is 2. The monoisotopic (exact) mass is 235 g/mol. The number of nitrogens with zero attached hydrogens (tertiary/aromatic N) is 1. The predicted molar refractivity (Wildman–Crippen MR) is 67.6 cm³/mol. The first-order chi connectivity index (χ1) is 7.61. The number of hydrogen-bond acceptors (Lipinski definition) is 2. The van der Waals surface area contributed by atoms with E-state index in [4.69, 9.17) is 17.3 Å². The highest BCUT2D eigenvalue weighted by molar-refractivity contribution is 6.31. The van der Waals surface area contributed by atoms with Crippen molar-refractivity contribution >= 4 is 17.3 Å². The lowest BCUT2D eigenvalue weighted by atomic mass is 10.2. The maximum absolute atomic E-state index is 5.91. The lowest BCUT2D eigenvalue weighted by Crippen LogP contribution is -1.91. The molecule has 0 aliphatic heterocycles. The Kier molecular flexibility index (Phi) is 2.88. The van der Waals surface area contributed by atoms with Crippen molar-refractivity contribution in [2.24, 2.45) is 0 Å². The topological polar surface area (TPSA) is 54.7 Å². The molecule has 0 bridgehead atoms. The molecule has 0 aliphatic carbocycles. The van der Waals surface area contributed by atoms with Crippen LogP contribution in [-0.4, -0.2) is 9.97 Å². The molecule has 0 fully saturated rings. The molecule has 0 aliphatic rings. The van der Waals surface area contributed by atoms with Gasteiger partial charge in [-0.2, -0.15) is 0 Å². The second-order valence-electron chi connectivity index (χ2n) is 3.74. The van der Waals surface area contributed by atoms with E-state index >= 15 is 0 Å². The molecule has 4 heteroatoms. The number of aromatic amines is 1. The van der Waals surface area contributed by atoms with E-state index in [9.17, 15) is 0 Å². The molecule has 0 saturated carbocycles. The smallest absolute Gasteiger partial charge is 0.139 e. The Hall–Kier alpha value is -1.48. The molecule has 0 atom stereocenters. The standard InChI is InChI=1S/C12H14ClN3/c1-3-11-7(2)15-12(16-11)9-5-4-8(13)6-10(9)14/h4-6H,3,14H2,1-2H3,(H,15,16). The van der Waals surface area contributed by atoms with Crippen molar-refractivity contribution < 1.29 is 0 Å². The minimum atomic E-state index is 0.639. The summed E-state index contributed by atoms with van der Waals surface area (Å²) in [7, 11) is 0. The SMILES string of the molecule is CCc1nc(-c2ccc(Cl)cc2N)[nH]c1C. The number of imidazole rings is 1. The van der Waals surface area contributed by atoms with Crippen molar-refractivity contribution in [3.8, 4) is 11.4 Å². The van der Waals surface area contributed by atoms with Crippen molar-refractivity contribution in [1.82, 2.24) is 9.97 Å². The average molecular weight is 236 g/mol. The fraction of sp³-hybridized carbons (Fsp3) is 0.250. The zero-order valence-electron chi connectivity index (χ0n) is 9.34. The van der Waals surface area contributed by atoms with Crippen molar-refractivity contribution in [3.05, 3.63) is 34.6 Å². The minimum Gasteiger partial charge on any atom is -0.398 e. The Balaban J connectivity index is 2.50. The summed E-state index contributed by atoms with van der Waals surface area (Å²) in [5.74, 6) is 0.809. The third kappa shape index (κ3) is 1.91. The number of halogens is 1. The van der Waals surface area contributed by atoms with Crippen LogP contribution in [0.15, 0.2) is 18.2 Å². The van der Waals surface area contributed by atoms with Crippen LogP contribution in [-0.2, 0) is 6.42 Å². The van der Waals surface area contributed by atoms with Crippen molar-refractivity contribution in [1.29, 1.82) is 0 Å². The normalized spacial score (nSPS) is 10.7. The lowest BCUT2D eigenvalue weighted by molar-refractivity contribution is 1.04. The fourth-order valence-electron chi connectivity index (χ4n) is 1.72. The minimum absolute atomic E-state index is 0.639. The highest BCUT2D eigenvalue weighted by Gasteiger charge is 2.09. The number of anilines is 1. The van der Waals surface area contributed by atoms with Crippen LogP contribution in [0.4, 0.5) is 5.69 Å². The molecule has 0 amide bonds. The molecule has 2 aromatic rings. The van der Waals surface area contributed by atoms with E-state index in [-0.39, 0.29) is 0 Å². The van der Waals surface area contributed by atoms with Gasteiger partial charge in [0.1, 0.15) is 5.82 Å². The van der Waals surface area contributed by atoms with E-state index in [1.165, 1.54) is 0 Å². The third-order valence-electron chi connectivity index (χ3n) is 2.59. The van der Waals surface area contributed by atoms with Crippen LogP contribution in [0.3, 0.4) is 0 Å². The summed E-state index contributed by atoms with van der Waals surface area (Å²) in [6.07, 6.45) is 0.913. The number of nitrogen functional groups attached to an aromatic ring is 1. The maximum Gasteiger partial charge on any atom is 0.139 e. The average Bonchev–Trinajstić information content (AvgIpc) is 2.59. The van der Waals surface area contributed by atoms with E-state index in [0.29, 0.717) is 10.7 Å². The molecular formula is C12H14ClN3. The van der Waals surface area contributed by atoms with E-state index in [0.717, 1.165) is 29.2 Å². The molecule has 16 heavy (non-hydrogen) atoms. The molecule has 3 nitrogen and oxygen atoms in total. The Bertz CT molecular complexity index is 517. The number of nitrogens with two attached hydrogens (primary N) is 1. The quantitative estimate of drug-likeness (QED) is 0.786. The number of H-pyrrole nitrogens is 1. The van der Waals surface area contributed by atoms with Gasteiger partial charge in [-0.25, -0.2) is 4.98 Å². The van der Waals surface area contributed by atoms with Gasteiger partial charge in [-0.1, -0.05) is 18.5 Å². The molecule has 1 heterocycles. The van der Waals surface area contributed by atoms with E-state index in [2.05, 4.69) is 16.9 Å². The molecule has 84 valence electrons. The summed E-state index contributed by atoms with van der Waals surface area (Å²) in [5, 5.41) is 0.639. The molecule has 0 unspecified atom stereocenters. The summed E-state index contributed by atoms with van der Waals surface area (Å²) in [4.78, 5) is 7.75. The van der Waals surface area contributed by atoms with Gasteiger partial charge in [-0.3, -0.25) is 0 Å². The van der Waals surface area contributed by atoms with Crippen LogP contribution in [0.25, 0.3) is 11.4 Å². The third-order valence-corrected chi connectivity index (χ3v) is 2.82. The number of benzene rings is 1. The summed E-state index contributed by atoms with van der Waals surface area (Å²) >= 11 is 5.86. The van der Waals surface area contributed by atoms with Gasteiger partial charge in [-0.05, 0) is 31.5 Å². The highest BCUT2D eigenvalue weighted by atomic mass is 35.5. The zero-order valence-corrected chi connectivity index (χ0v) is 10.1. The van der Waals surface area contributed by atoms with Gasteiger partial charge >= 0.3 is 0 Å². The van der Waals surface area contributed by atoms with Crippen LogP contribution >= 0.6 is 11.6 Å². The Morgan fingerprint density at radius 1 is 1.44 bits per heavy atom. The van der Waals surface area contributed by atoms with Crippen molar-refractivity contribution in [2.45, 2.75) is 20.3 Å². The fourth-order valence-corrected chi connectivity index (χ4v) is 1.90. The molecule has 0 radical (unpaired) electrons. The van der Waals surface area contributed by atoms with Gasteiger partial charge < -0.3 is 10.7 Å². The van der Waals surface area contributed by atoms with Crippen LogP contribution in [0, 0.1) is 6.92 Å². The molecule has 3 N–H and O–H groups in total. The van der Waals surface area contributed by atoms with Crippen molar-refractivity contribution in [3.63, 3.8) is 0 Å². The van der Waals surface area contributed by atoms with Gasteiger partial charge in [0.25, 0.3) is 0 Å². The number of nitrogens with one attached hydrogen (secondary N) is 1. The first-order valence-electron chi connectivity index (χ1n) is 5.22. The number of hydrogen-bond donors (Lipinski definition) is 2. The lowest BCUT2D eigenvalue weighted by Gasteiger charge is -2.02. The first kappa shape index (κ1) is 11.0.